The van der Waals surface area contributed by atoms with Crippen molar-refractivity contribution >= 4 is 29.5 Å². The Bertz CT molecular complexity index is 1170. The zero-order valence-electron chi connectivity index (χ0n) is 24.1. The molecular formula is C30H42N4O5. The van der Waals surface area contributed by atoms with E-state index in [1.807, 2.05) is 64.1 Å². The van der Waals surface area contributed by atoms with Crippen molar-refractivity contribution in [2.75, 3.05) is 11.9 Å². The van der Waals surface area contributed by atoms with Crippen molar-refractivity contribution in [3.63, 3.8) is 0 Å². The number of unbranched alkanes of at least 4 members (excludes halogenated alkanes) is 1. The van der Waals surface area contributed by atoms with E-state index in [-0.39, 0.29) is 6.54 Å². The summed E-state index contributed by atoms with van der Waals surface area (Å²) in [5, 5.41) is 5.50. The lowest BCUT2D eigenvalue weighted by Gasteiger charge is -2.35. The van der Waals surface area contributed by atoms with E-state index in [2.05, 4.69) is 10.6 Å². The molecule has 0 bridgehead atoms. The summed E-state index contributed by atoms with van der Waals surface area (Å²) in [5.41, 5.74) is 8.50. The second-order valence-electron chi connectivity index (χ2n) is 10.8. The molecule has 0 aliphatic rings. The van der Waals surface area contributed by atoms with Crippen LogP contribution in [0.4, 0.5) is 10.5 Å². The molecule has 0 fully saturated rings. The van der Waals surface area contributed by atoms with E-state index in [0.717, 1.165) is 23.1 Å². The number of rotatable bonds is 11. The summed E-state index contributed by atoms with van der Waals surface area (Å²) in [6.45, 7) is 12.9. The number of anilines is 1. The molecule has 0 saturated heterocycles. The highest BCUT2D eigenvalue weighted by Gasteiger charge is 2.38. The average Bonchev–Trinajstić information content (AvgIpc) is 2.82. The number of nitrogens with two attached hydrogens (primary N) is 1. The molecule has 0 heterocycles. The first-order valence-corrected chi connectivity index (χ1v) is 13.3. The zero-order chi connectivity index (χ0) is 29.3. The molecule has 39 heavy (non-hydrogen) atoms. The van der Waals surface area contributed by atoms with E-state index >= 15 is 0 Å². The van der Waals surface area contributed by atoms with Gasteiger partial charge in [-0.15, -0.1) is 0 Å². The molecule has 0 aromatic heterocycles. The maximum atomic E-state index is 14.1. The molecule has 0 aliphatic carbocycles. The molecule has 9 nitrogen and oxygen atoms in total. The second kappa shape index (κ2) is 13.8. The summed E-state index contributed by atoms with van der Waals surface area (Å²) >= 11 is 0. The molecule has 0 spiro atoms. The van der Waals surface area contributed by atoms with Crippen molar-refractivity contribution in [1.82, 2.24) is 10.2 Å². The quantitative estimate of drug-likeness (QED) is 0.382. The molecule has 0 saturated carbocycles. The van der Waals surface area contributed by atoms with Crippen LogP contribution >= 0.6 is 0 Å². The highest BCUT2D eigenvalue weighted by molar-refractivity contribution is 6.00. The smallest absolute Gasteiger partial charge is 0.408 e. The van der Waals surface area contributed by atoms with Gasteiger partial charge in [-0.1, -0.05) is 49.7 Å². The predicted molar refractivity (Wildman–Crippen MR) is 152 cm³/mol. The maximum absolute atomic E-state index is 14.1. The number of primary amides is 1. The number of nitrogens with one attached hydrogen (secondary N) is 2. The number of amides is 4. The van der Waals surface area contributed by atoms with Crippen LogP contribution < -0.4 is 16.4 Å². The lowest BCUT2D eigenvalue weighted by molar-refractivity contribution is -0.142. The van der Waals surface area contributed by atoms with Gasteiger partial charge in [0.15, 0.2) is 0 Å². The fourth-order valence-corrected chi connectivity index (χ4v) is 4.35. The monoisotopic (exact) mass is 538 g/mol. The third-order valence-corrected chi connectivity index (χ3v) is 6.21. The maximum Gasteiger partial charge on any atom is 0.408 e. The largest absolute Gasteiger partial charge is 0.444 e. The van der Waals surface area contributed by atoms with Crippen molar-refractivity contribution < 1.29 is 23.9 Å². The third kappa shape index (κ3) is 9.12. The molecule has 2 rings (SSSR count). The lowest BCUT2D eigenvalue weighted by atomic mass is 9.93. The summed E-state index contributed by atoms with van der Waals surface area (Å²) in [6.07, 6.45) is 0.0495. The van der Waals surface area contributed by atoms with Crippen LogP contribution in [-0.4, -0.2) is 46.9 Å². The fourth-order valence-electron chi connectivity index (χ4n) is 4.35. The van der Waals surface area contributed by atoms with Crippen LogP contribution in [0.5, 0.6) is 0 Å². The Hall–Kier alpha value is -3.88. The summed E-state index contributed by atoms with van der Waals surface area (Å²) in [4.78, 5) is 54.2. The summed E-state index contributed by atoms with van der Waals surface area (Å²) < 4.78 is 5.33. The van der Waals surface area contributed by atoms with Gasteiger partial charge in [0, 0.05) is 12.2 Å². The van der Waals surface area contributed by atoms with E-state index in [0.29, 0.717) is 17.7 Å². The minimum absolute atomic E-state index is 0.222. The Labute approximate surface area is 231 Å². The third-order valence-electron chi connectivity index (χ3n) is 6.21. The Morgan fingerprint density at radius 2 is 1.54 bits per heavy atom. The zero-order valence-corrected chi connectivity index (χ0v) is 24.1. The van der Waals surface area contributed by atoms with Crippen LogP contribution in [0, 0.1) is 20.8 Å². The van der Waals surface area contributed by atoms with E-state index in [1.165, 1.54) is 4.90 Å². The van der Waals surface area contributed by atoms with Crippen molar-refractivity contribution in [2.24, 2.45) is 5.73 Å². The molecule has 2 aromatic rings. The van der Waals surface area contributed by atoms with Gasteiger partial charge in [0.2, 0.25) is 11.8 Å². The minimum Gasteiger partial charge on any atom is -0.444 e. The lowest BCUT2D eigenvalue weighted by Crippen LogP contribution is -2.54. The van der Waals surface area contributed by atoms with Crippen LogP contribution in [0.2, 0.25) is 0 Å². The van der Waals surface area contributed by atoms with Crippen LogP contribution in [-0.2, 0) is 19.1 Å². The van der Waals surface area contributed by atoms with Crippen LogP contribution in [0.15, 0.2) is 42.5 Å². The molecule has 212 valence electrons. The molecule has 2 unspecified atom stereocenters. The standard InChI is InChI=1S/C30H42N4O5/c1-8-9-17-34(28(37)23(18-24(31)35)33-29(38)39-30(5,6)7)26(25-20(3)14-12-15-21(25)4)27(36)32-22-16-11-10-13-19(22)2/h10-16,23,26H,8-9,17-18H2,1-7H3,(H2,31,35)(H,32,36)(H,33,38). The first-order chi connectivity index (χ1) is 18.2. The second-order valence-corrected chi connectivity index (χ2v) is 10.8. The number of ether oxygens (including phenoxy) is 1. The Morgan fingerprint density at radius 1 is 0.949 bits per heavy atom. The number of benzene rings is 2. The van der Waals surface area contributed by atoms with Gasteiger partial charge >= 0.3 is 6.09 Å². The van der Waals surface area contributed by atoms with Crippen LogP contribution in [0.1, 0.15) is 75.3 Å². The van der Waals surface area contributed by atoms with Crippen molar-refractivity contribution in [3.05, 3.63) is 64.7 Å². The highest BCUT2D eigenvalue weighted by atomic mass is 16.6. The average molecular weight is 539 g/mol. The number of nitrogens with zero attached hydrogens (tertiary/aromatic N) is 1. The van der Waals surface area contributed by atoms with Crippen molar-refractivity contribution in [3.8, 4) is 0 Å². The predicted octanol–water partition coefficient (Wildman–Crippen LogP) is 4.69. The summed E-state index contributed by atoms with van der Waals surface area (Å²) in [7, 11) is 0. The SMILES string of the molecule is CCCCN(C(=O)C(CC(N)=O)NC(=O)OC(C)(C)C)C(C(=O)Nc1ccccc1C)c1c(C)cccc1C. The highest BCUT2D eigenvalue weighted by Crippen LogP contribution is 2.30. The Balaban J connectivity index is 2.62. The van der Waals surface area contributed by atoms with Gasteiger partial charge in [0.25, 0.3) is 5.91 Å². The normalized spacial score (nSPS) is 12.7. The van der Waals surface area contributed by atoms with E-state index in [1.54, 1.807) is 26.8 Å². The van der Waals surface area contributed by atoms with Crippen LogP contribution in [0.3, 0.4) is 0 Å². The number of carbonyl (C=O) groups excluding carboxylic acids is 4. The van der Waals surface area contributed by atoms with Gasteiger partial charge < -0.3 is 26.0 Å². The number of hydrogen-bond acceptors (Lipinski definition) is 5. The molecule has 4 amide bonds. The van der Waals surface area contributed by atoms with Gasteiger partial charge in [-0.05, 0) is 76.3 Å². The molecule has 9 heteroatoms. The first kappa shape index (κ1) is 31.3. The molecule has 4 N–H and O–H groups in total. The Kier molecular flexibility index (Phi) is 11.1. The van der Waals surface area contributed by atoms with E-state index < -0.39 is 47.9 Å². The summed E-state index contributed by atoms with van der Waals surface area (Å²) in [6, 6.07) is 10.7. The van der Waals surface area contributed by atoms with Crippen LogP contribution in [0.25, 0.3) is 0 Å². The topological polar surface area (TPSA) is 131 Å². The molecule has 0 radical (unpaired) electrons. The van der Waals surface area contributed by atoms with Crippen molar-refractivity contribution in [1.29, 1.82) is 0 Å². The summed E-state index contributed by atoms with van der Waals surface area (Å²) in [5.74, 6) is -1.77. The number of carbonyl (C=O) groups is 4. The molecule has 2 atom stereocenters. The van der Waals surface area contributed by atoms with E-state index in [4.69, 9.17) is 10.5 Å². The first-order valence-electron chi connectivity index (χ1n) is 13.3. The minimum atomic E-state index is -1.31. The van der Waals surface area contributed by atoms with Gasteiger partial charge in [-0.25, -0.2) is 4.79 Å². The number of aryl methyl sites for hydroxylation is 3. The fraction of sp³-hybridized carbons (Fsp3) is 0.467. The number of para-hydroxylation sites is 1. The van der Waals surface area contributed by atoms with Crippen molar-refractivity contribution in [2.45, 2.75) is 85.4 Å². The number of hydrogen-bond donors (Lipinski definition) is 3. The van der Waals surface area contributed by atoms with Gasteiger partial charge in [-0.3, -0.25) is 14.4 Å². The van der Waals surface area contributed by atoms with Gasteiger partial charge in [-0.2, -0.15) is 0 Å². The molecule has 2 aromatic carbocycles. The number of alkyl carbamates (subject to hydrolysis) is 1. The van der Waals surface area contributed by atoms with Gasteiger partial charge in [0.1, 0.15) is 17.7 Å². The molecular weight excluding hydrogens is 496 g/mol. The van der Waals surface area contributed by atoms with Gasteiger partial charge in [0.05, 0.1) is 6.42 Å². The molecule has 0 aliphatic heterocycles. The Morgan fingerprint density at radius 3 is 2.08 bits per heavy atom. The van der Waals surface area contributed by atoms with E-state index in [9.17, 15) is 19.2 Å².